The summed E-state index contributed by atoms with van der Waals surface area (Å²) >= 11 is 2.51. The smallest absolute Gasteiger partial charge is 0.273 e. The van der Waals surface area contributed by atoms with Crippen LogP contribution in [0.1, 0.15) is 18.1 Å². The number of nitrogens with one attached hydrogen (secondary N) is 1. The number of carbonyl (C=O) groups is 2. The Hall–Kier alpha value is -2.90. The Balaban J connectivity index is 1.83. The van der Waals surface area contributed by atoms with Crippen LogP contribution in [-0.2, 0) is 9.59 Å². The molecule has 0 aliphatic carbocycles. The number of imide groups is 1. The molecule has 1 saturated heterocycles. The van der Waals surface area contributed by atoms with Gasteiger partial charge in [-0.15, -0.1) is 0 Å². The molecule has 29 heavy (non-hydrogen) atoms. The van der Waals surface area contributed by atoms with Crippen molar-refractivity contribution in [3.63, 3.8) is 0 Å². The molecular formula is C22H17N3O2S2. The molecule has 2 aromatic carbocycles. The molecule has 3 aromatic rings. The number of thioether (sulfide) groups is 1. The molecule has 5 nitrogen and oxygen atoms in total. The summed E-state index contributed by atoms with van der Waals surface area (Å²) in [4.78, 5) is 31.4. The van der Waals surface area contributed by atoms with Gasteiger partial charge in [-0.2, -0.15) is 0 Å². The van der Waals surface area contributed by atoms with E-state index in [0.29, 0.717) is 4.91 Å². The number of fused-ring (bicyclic) bond motifs is 1. The van der Waals surface area contributed by atoms with E-state index in [1.54, 1.807) is 6.08 Å². The quantitative estimate of drug-likeness (QED) is 0.599. The van der Waals surface area contributed by atoms with E-state index in [0.717, 1.165) is 48.6 Å². The fourth-order valence-electron chi connectivity index (χ4n) is 2.98. The summed E-state index contributed by atoms with van der Waals surface area (Å²) in [5.74, 6) is -0.922. The fourth-order valence-corrected chi connectivity index (χ4v) is 4.75. The first-order valence-electron chi connectivity index (χ1n) is 8.90. The number of aromatic nitrogens is 1. The summed E-state index contributed by atoms with van der Waals surface area (Å²) < 4.78 is 0. The maximum atomic E-state index is 12.6. The van der Waals surface area contributed by atoms with E-state index in [1.165, 1.54) is 18.7 Å². The number of benzene rings is 2. The monoisotopic (exact) mass is 419 g/mol. The van der Waals surface area contributed by atoms with Crippen molar-refractivity contribution in [2.24, 2.45) is 0 Å². The third-order valence-electron chi connectivity index (χ3n) is 4.35. The van der Waals surface area contributed by atoms with Crippen molar-refractivity contribution in [3.8, 4) is 0 Å². The second kappa shape index (κ2) is 7.85. The van der Waals surface area contributed by atoms with Gasteiger partial charge < -0.3 is 0 Å². The van der Waals surface area contributed by atoms with Crippen molar-refractivity contribution in [1.82, 2.24) is 9.88 Å². The molecule has 1 aliphatic rings. The maximum Gasteiger partial charge on any atom is 0.273 e. The fraction of sp³-hybridized carbons (Fsp3) is 0.0909. The van der Waals surface area contributed by atoms with Crippen LogP contribution in [0, 0.1) is 12.3 Å². The van der Waals surface area contributed by atoms with Crippen LogP contribution in [0.25, 0.3) is 17.0 Å². The van der Waals surface area contributed by atoms with Gasteiger partial charge in [-0.25, -0.2) is 9.88 Å². The van der Waals surface area contributed by atoms with Crippen molar-refractivity contribution in [2.45, 2.75) is 23.8 Å². The van der Waals surface area contributed by atoms with Gasteiger partial charge in [0.25, 0.3) is 5.91 Å². The Labute approximate surface area is 176 Å². The summed E-state index contributed by atoms with van der Waals surface area (Å²) in [5.41, 5.74) is 2.79. The minimum absolute atomic E-state index is 0.0737. The lowest BCUT2D eigenvalue weighted by Crippen LogP contribution is -2.32. The summed E-state index contributed by atoms with van der Waals surface area (Å²) in [6.45, 7) is 3.31. The third kappa shape index (κ3) is 3.97. The SMILES string of the molecule is CC(=O)N1C(=N)S/C(=C/c2cc3ccc(C)cc3nc2Sc2ccccc2)C1=O. The van der Waals surface area contributed by atoms with Crippen LogP contribution in [0.15, 0.2) is 69.4 Å². The second-order valence-corrected chi connectivity index (χ2v) is 8.66. The lowest BCUT2D eigenvalue weighted by Gasteiger charge is -2.09. The first-order valence-corrected chi connectivity index (χ1v) is 10.5. The lowest BCUT2D eigenvalue weighted by molar-refractivity contribution is -0.135. The van der Waals surface area contributed by atoms with Crippen molar-refractivity contribution < 1.29 is 9.59 Å². The van der Waals surface area contributed by atoms with Gasteiger partial charge in [-0.05, 0) is 54.6 Å². The molecule has 7 heteroatoms. The number of aryl methyl sites for hydroxylation is 1. The highest BCUT2D eigenvalue weighted by Gasteiger charge is 2.35. The summed E-state index contributed by atoms with van der Waals surface area (Å²) in [5, 5.41) is 9.60. The molecule has 0 saturated carbocycles. The van der Waals surface area contributed by atoms with Gasteiger partial charge in [-0.3, -0.25) is 15.0 Å². The standard InChI is InChI=1S/C22H17N3O2S2/c1-13-8-9-15-11-16(12-19-21(27)25(14(2)26)22(23)29-19)20(24-18(15)10-13)28-17-6-4-3-5-7-17/h3-12,23H,1-2H3/b19-12+,23-22?. The van der Waals surface area contributed by atoms with E-state index in [2.05, 4.69) is 0 Å². The molecule has 2 heterocycles. The third-order valence-corrected chi connectivity index (χ3v) is 6.27. The van der Waals surface area contributed by atoms with E-state index in [1.807, 2.05) is 61.5 Å². The highest BCUT2D eigenvalue weighted by molar-refractivity contribution is 8.18. The molecular weight excluding hydrogens is 402 g/mol. The first kappa shape index (κ1) is 19.4. The van der Waals surface area contributed by atoms with Crippen molar-refractivity contribution in [1.29, 1.82) is 5.41 Å². The van der Waals surface area contributed by atoms with Crippen LogP contribution in [0.2, 0.25) is 0 Å². The number of rotatable bonds is 3. The van der Waals surface area contributed by atoms with Crippen LogP contribution in [0.3, 0.4) is 0 Å². The summed E-state index contributed by atoms with van der Waals surface area (Å²) in [7, 11) is 0. The zero-order valence-electron chi connectivity index (χ0n) is 15.8. The van der Waals surface area contributed by atoms with E-state index in [-0.39, 0.29) is 5.17 Å². The van der Waals surface area contributed by atoms with Gasteiger partial charge in [0.2, 0.25) is 5.91 Å². The van der Waals surface area contributed by atoms with E-state index in [9.17, 15) is 9.59 Å². The molecule has 1 N–H and O–H groups in total. The minimum Gasteiger partial charge on any atom is -0.278 e. The van der Waals surface area contributed by atoms with E-state index < -0.39 is 11.8 Å². The van der Waals surface area contributed by atoms with Gasteiger partial charge in [0.05, 0.1) is 10.4 Å². The van der Waals surface area contributed by atoms with Crippen LogP contribution in [-0.4, -0.2) is 26.9 Å². The molecule has 144 valence electrons. The maximum absolute atomic E-state index is 12.6. The zero-order chi connectivity index (χ0) is 20.5. The molecule has 1 fully saturated rings. The summed E-state index contributed by atoms with van der Waals surface area (Å²) in [6, 6.07) is 18.0. The topological polar surface area (TPSA) is 74.1 Å². The predicted octanol–water partition coefficient (Wildman–Crippen LogP) is 5.09. The molecule has 2 amide bonds. The lowest BCUT2D eigenvalue weighted by atomic mass is 10.1. The molecule has 1 aromatic heterocycles. The number of nitrogens with zero attached hydrogens (tertiary/aromatic N) is 2. The average molecular weight is 420 g/mol. The molecule has 0 radical (unpaired) electrons. The Kier molecular flexibility index (Phi) is 5.25. The molecule has 1 aliphatic heterocycles. The Morgan fingerprint density at radius 2 is 1.93 bits per heavy atom. The number of hydrogen-bond acceptors (Lipinski definition) is 6. The number of amidine groups is 1. The van der Waals surface area contributed by atoms with E-state index in [4.69, 9.17) is 10.4 Å². The van der Waals surface area contributed by atoms with Gasteiger partial charge in [0.1, 0.15) is 5.03 Å². The number of pyridine rings is 1. The molecule has 0 spiro atoms. The first-order chi connectivity index (χ1) is 13.9. The minimum atomic E-state index is -0.466. The summed E-state index contributed by atoms with van der Waals surface area (Å²) in [6.07, 6.45) is 1.72. The van der Waals surface area contributed by atoms with Crippen LogP contribution >= 0.6 is 23.5 Å². The Morgan fingerprint density at radius 3 is 2.62 bits per heavy atom. The van der Waals surface area contributed by atoms with Gasteiger partial charge in [-0.1, -0.05) is 42.1 Å². The zero-order valence-corrected chi connectivity index (χ0v) is 17.4. The van der Waals surface area contributed by atoms with Gasteiger partial charge in [0, 0.05) is 22.8 Å². The van der Waals surface area contributed by atoms with Crippen LogP contribution in [0.5, 0.6) is 0 Å². The largest absolute Gasteiger partial charge is 0.278 e. The molecule has 0 unspecified atom stereocenters. The van der Waals surface area contributed by atoms with Crippen LogP contribution < -0.4 is 0 Å². The van der Waals surface area contributed by atoms with Crippen molar-refractivity contribution in [2.75, 3.05) is 0 Å². The normalized spacial score (nSPS) is 15.5. The average Bonchev–Trinajstić information content (AvgIpc) is 2.96. The van der Waals surface area contributed by atoms with Gasteiger partial charge >= 0.3 is 0 Å². The number of amides is 2. The molecule has 4 rings (SSSR count). The number of carbonyl (C=O) groups excluding carboxylic acids is 2. The van der Waals surface area contributed by atoms with Crippen LogP contribution in [0.4, 0.5) is 0 Å². The van der Waals surface area contributed by atoms with Gasteiger partial charge in [0.15, 0.2) is 5.17 Å². The van der Waals surface area contributed by atoms with E-state index >= 15 is 0 Å². The Morgan fingerprint density at radius 1 is 1.17 bits per heavy atom. The highest BCUT2D eigenvalue weighted by atomic mass is 32.2. The second-order valence-electron chi connectivity index (χ2n) is 6.57. The van der Waals surface area contributed by atoms with Crippen molar-refractivity contribution >= 4 is 57.5 Å². The number of hydrogen-bond donors (Lipinski definition) is 1. The molecule has 0 bridgehead atoms. The highest BCUT2D eigenvalue weighted by Crippen LogP contribution is 2.36. The Bertz CT molecular complexity index is 1190. The predicted molar refractivity (Wildman–Crippen MR) is 118 cm³/mol. The molecule has 0 atom stereocenters. The van der Waals surface area contributed by atoms with Crippen molar-refractivity contribution in [3.05, 3.63) is 70.6 Å².